The van der Waals surface area contributed by atoms with E-state index in [9.17, 15) is 4.79 Å². The van der Waals surface area contributed by atoms with Crippen molar-refractivity contribution >= 4 is 34.9 Å². The highest BCUT2D eigenvalue weighted by Crippen LogP contribution is 2.19. The Morgan fingerprint density at radius 1 is 1.40 bits per heavy atom. The SMILES string of the molecule is CNCCC(=O)Nc1ccc2nn(C(C)C)cc2c1.Cl. The van der Waals surface area contributed by atoms with Gasteiger partial charge in [-0.2, -0.15) is 5.10 Å². The number of carbonyl (C=O) groups excluding carboxylic acids is 1. The van der Waals surface area contributed by atoms with Gasteiger partial charge in [-0.3, -0.25) is 9.48 Å². The number of fused-ring (bicyclic) bond motifs is 1. The minimum Gasteiger partial charge on any atom is -0.326 e. The number of halogens is 1. The molecule has 0 fully saturated rings. The van der Waals surface area contributed by atoms with Gasteiger partial charge in [-0.05, 0) is 39.1 Å². The Labute approximate surface area is 125 Å². The number of nitrogens with one attached hydrogen (secondary N) is 2. The monoisotopic (exact) mass is 296 g/mol. The smallest absolute Gasteiger partial charge is 0.225 e. The molecule has 0 aliphatic carbocycles. The Morgan fingerprint density at radius 3 is 2.80 bits per heavy atom. The zero-order valence-electron chi connectivity index (χ0n) is 12.0. The fourth-order valence-electron chi connectivity index (χ4n) is 1.85. The van der Waals surface area contributed by atoms with E-state index in [0.29, 0.717) is 19.0 Å². The van der Waals surface area contributed by atoms with Crippen LogP contribution in [0.4, 0.5) is 5.69 Å². The van der Waals surface area contributed by atoms with E-state index < -0.39 is 0 Å². The van der Waals surface area contributed by atoms with Gasteiger partial charge in [0.05, 0.1) is 5.52 Å². The van der Waals surface area contributed by atoms with E-state index in [1.165, 1.54) is 0 Å². The molecule has 0 aliphatic heterocycles. The first kappa shape index (κ1) is 16.5. The van der Waals surface area contributed by atoms with Crippen molar-refractivity contribution in [3.8, 4) is 0 Å². The molecule has 20 heavy (non-hydrogen) atoms. The molecule has 2 rings (SSSR count). The standard InChI is InChI=1S/C14H20N4O.ClH/c1-10(2)18-9-11-8-12(4-5-13(11)17-18)16-14(19)6-7-15-3;/h4-5,8-10,15H,6-7H2,1-3H3,(H,16,19);1H. The maximum Gasteiger partial charge on any atom is 0.225 e. The van der Waals surface area contributed by atoms with Crippen molar-refractivity contribution in [3.63, 3.8) is 0 Å². The minimum absolute atomic E-state index is 0. The van der Waals surface area contributed by atoms with Crippen LogP contribution in [0.25, 0.3) is 10.9 Å². The lowest BCUT2D eigenvalue weighted by Crippen LogP contribution is -2.18. The van der Waals surface area contributed by atoms with Crippen LogP contribution >= 0.6 is 12.4 Å². The van der Waals surface area contributed by atoms with E-state index in [-0.39, 0.29) is 18.3 Å². The molecule has 0 aliphatic rings. The average Bonchev–Trinajstić information content (AvgIpc) is 2.79. The van der Waals surface area contributed by atoms with Crippen LogP contribution < -0.4 is 10.6 Å². The third-order valence-electron chi connectivity index (χ3n) is 2.94. The molecular formula is C14H21ClN4O. The molecule has 110 valence electrons. The molecule has 0 spiro atoms. The number of hydrogen-bond donors (Lipinski definition) is 2. The van der Waals surface area contributed by atoms with Gasteiger partial charge in [-0.15, -0.1) is 12.4 Å². The summed E-state index contributed by atoms with van der Waals surface area (Å²) in [7, 11) is 1.83. The maximum absolute atomic E-state index is 11.6. The van der Waals surface area contributed by atoms with Crippen molar-refractivity contribution in [1.82, 2.24) is 15.1 Å². The van der Waals surface area contributed by atoms with Crippen molar-refractivity contribution < 1.29 is 4.79 Å². The number of aromatic nitrogens is 2. The second-order valence-electron chi connectivity index (χ2n) is 4.88. The molecule has 0 saturated heterocycles. The lowest BCUT2D eigenvalue weighted by molar-refractivity contribution is -0.116. The third-order valence-corrected chi connectivity index (χ3v) is 2.94. The number of rotatable bonds is 5. The summed E-state index contributed by atoms with van der Waals surface area (Å²) in [4.78, 5) is 11.6. The van der Waals surface area contributed by atoms with Gasteiger partial charge in [-0.25, -0.2) is 0 Å². The second-order valence-corrected chi connectivity index (χ2v) is 4.88. The predicted molar refractivity (Wildman–Crippen MR) is 84.5 cm³/mol. The van der Waals surface area contributed by atoms with E-state index in [0.717, 1.165) is 16.6 Å². The second kappa shape index (κ2) is 7.26. The summed E-state index contributed by atoms with van der Waals surface area (Å²) in [6, 6.07) is 6.11. The summed E-state index contributed by atoms with van der Waals surface area (Å²) in [6.45, 7) is 4.86. The van der Waals surface area contributed by atoms with Gasteiger partial charge < -0.3 is 10.6 Å². The molecule has 0 radical (unpaired) electrons. The van der Waals surface area contributed by atoms with E-state index in [1.54, 1.807) is 0 Å². The minimum atomic E-state index is 0. The van der Waals surface area contributed by atoms with E-state index in [1.807, 2.05) is 36.1 Å². The quantitative estimate of drug-likeness (QED) is 0.891. The molecule has 0 saturated carbocycles. The Morgan fingerprint density at radius 2 is 2.15 bits per heavy atom. The average molecular weight is 297 g/mol. The number of nitrogens with zero attached hydrogens (tertiary/aromatic N) is 2. The summed E-state index contributed by atoms with van der Waals surface area (Å²) < 4.78 is 1.93. The van der Waals surface area contributed by atoms with Crippen LogP contribution in [-0.4, -0.2) is 29.3 Å². The van der Waals surface area contributed by atoms with Crippen molar-refractivity contribution in [3.05, 3.63) is 24.4 Å². The Hall–Kier alpha value is -1.59. The summed E-state index contributed by atoms with van der Waals surface area (Å²) in [5.74, 6) is 0.0185. The van der Waals surface area contributed by atoms with Crippen LogP contribution in [0.15, 0.2) is 24.4 Å². The zero-order valence-corrected chi connectivity index (χ0v) is 12.8. The van der Waals surface area contributed by atoms with Gasteiger partial charge in [0, 0.05) is 36.3 Å². The van der Waals surface area contributed by atoms with Crippen LogP contribution in [0.1, 0.15) is 26.3 Å². The zero-order chi connectivity index (χ0) is 13.8. The highest BCUT2D eigenvalue weighted by Gasteiger charge is 2.06. The Balaban J connectivity index is 0.00000200. The van der Waals surface area contributed by atoms with Crippen LogP contribution in [0.3, 0.4) is 0 Å². The number of anilines is 1. The molecule has 1 aromatic carbocycles. The molecule has 0 atom stereocenters. The molecule has 5 nitrogen and oxygen atoms in total. The van der Waals surface area contributed by atoms with Gasteiger partial charge >= 0.3 is 0 Å². The first-order valence-electron chi connectivity index (χ1n) is 6.53. The molecule has 0 unspecified atom stereocenters. The summed E-state index contributed by atoms with van der Waals surface area (Å²) in [5.41, 5.74) is 1.76. The van der Waals surface area contributed by atoms with Crippen LogP contribution in [0.2, 0.25) is 0 Å². The number of benzene rings is 1. The number of hydrogen-bond acceptors (Lipinski definition) is 3. The van der Waals surface area contributed by atoms with E-state index >= 15 is 0 Å². The highest BCUT2D eigenvalue weighted by atomic mass is 35.5. The summed E-state index contributed by atoms with van der Waals surface area (Å²) in [6.07, 6.45) is 2.48. The third kappa shape index (κ3) is 3.95. The van der Waals surface area contributed by atoms with Gasteiger partial charge in [0.1, 0.15) is 0 Å². The van der Waals surface area contributed by atoms with E-state index in [4.69, 9.17) is 0 Å². The van der Waals surface area contributed by atoms with Gasteiger partial charge in [-0.1, -0.05) is 0 Å². The van der Waals surface area contributed by atoms with E-state index in [2.05, 4.69) is 29.6 Å². The topological polar surface area (TPSA) is 59.0 Å². The van der Waals surface area contributed by atoms with Crippen molar-refractivity contribution in [2.24, 2.45) is 0 Å². The number of carbonyl (C=O) groups is 1. The van der Waals surface area contributed by atoms with Gasteiger partial charge in [0.15, 0.2) is 0 Å². The van der Waals surface area contributed by atoms with Gasteiger partial charge in [0.25, 0.3) is 0 Å². The molecule has 6 heteroatoms. The summed E-state index contributed by atoms with van der Waals surface area (Å²) >= 11 is 0. The predicted octanol–water partition coefficient (Wildman–Crippen LogP) is 2.59. The fourth-order valence-corrected chi connectivity index (χ4v) is 1.85. The van der Waals surface area contributed by atoms with Crippen molar-refractivity contribution in [2.45, 2.75) is 26.3 Å². The first-order valence-corrected chi connectivity index (χ1v) is 6.53. The Kier molecular flexibility index (Phi) is 5.98. The first-order chi connectivity index (χ1) is 9.10. The van der Waals surface area contributed by atoms with Crippen LogP contribution in [0, 0.1) is 0 Å². The molecule has 0 bridgehead atoms. The molecule has 1 aromatic heterocycles. The molecular weight excluding hydrogens is 276 g/mol. The van der Waals surface area contributed by atoms with Crippen LogP contribution in [-0.2, 0) is 4.79 Å². The molecule has 1 amide bonds. The Bertz CT molecular complexity index is 580. The largest absolute Gasteiger partial charge is 0.326 e. The fraction of sp³-hybridized carbons (Fsp3) is 0.429. The summed E-state index contributed by atoms with van der Waals surface area (Å²) in [5, 5.41) is 11.4. The normalized spacial score (nSPS) is 10.6. The molecule has 2 aromatic rings. The van der Waals surface area contributed by atoms with Crippen LogP contribution in [0.5, 0.6) is 0 Å². The van der Waals surface area contributed by atoms with Gasteiger partial charge in [0.2, 0.25) is 5.91 Å². The molecule has 1 heterocycles. The lowest BCUT2D eigenvalue weighted by atomic mass is 10.2. The van der Waals surface area contributed by atoms with Crippen molar-refractivity contribution in [2.75, 3.05) is 18.9 Å². The molecule has 2 N–H and O–H groups in total. The maximum atomic E-state index is 11.6. The lowest BCUT2D eigenvalue weighted by Gasteiger charge is -2.04. The number of amides is 1. The highest BCUT2D eigenvalue weighted by molar-refractivity contribution is 5.93. The van der Waals surface area contributed by atoms with Crippen molar-refractivity contribution in [1.29, 1.82) is 0 Å².